The van der Waals surface area contributed by atoms with E-state index in [1.807, 2.05) is 13.8 Å². The van der Waals surface area contributed by atoms with Crippen LogP contribution in [0.3, 0.4) is 0 Å². The van der Waals surface area contributed by atoms with Crippen LogP contribution in [-0.4, -0.2) is 12.1 Å². The van der Waals surface area contributed by atoms with Gasteiger partial charge in [-0.15, -0.1) is 0 Å². The first-order valence-corrected chi connectivity index (χ1v) is 2.84. The Morgan fingerprint density at radius 2 is 1.73 bits per heavy atom. The molecule has 1 unspecified atom stereocenters. The topological polar surface area (TPSA) is 26.3 Å². The molecule has 0 aromatic carbocycles. The van der Waals surface area contributed by atoms with Crippen molar-refractivity contribution in [3.63, 3.8) is 0 Å². The zero-order valence-corrected chi connectivity index (χ0v) is 5.60. The van der Waals surface area contributed by atoms with Crippen molar-refractivity contribution in [1.82, 2.24) is 0 Å². The molecule has 2 nitrogen and oxygen atoms in total. The molecule has 0 rings (SSSR count). The number of hydrogen-bond acceptors (Lipinski definition) is 2. The first-order valence-electron chi connectivity index (χ1n) is 2.84. The molecule has 0 spiro atoms. The third-order valence-electron chi connectivity index (χ3n) is 0.942. The first-order chi connectivity index (χ1) is 3.66. The van der Waals surface area contributed by atoms with Gasteiger partial charge in [-0.2, -0.15) is 0 Å². The highest BCUT2D eigenvalue weighted by molar-refractivity contribution is 5.66. The molecule has 72 valence electrons. The number of carbonyl (C=O) groups excluding carboxylic acids is 1. The van der Waals surface area contributed by atoms with E-state index in [1.165, 1.54) is 6.92 Å². The fraction of sp³-hybridized carbons (Fsp3) is 0.889. The molecule has 1 atom stereocenters. The summed E-state index contributed by atoms with van der Waals surface area (Å²) in [6.45, 7) is 5.28. The third-order valence-corrected chi connectivity index (χ3v) is 0.942. The minimum atomic E-state index is -0.195. The molecule has 0 aromatic heterocycles. The van der Waals surface area contributed by atoms with Crippen LogP contribution in [0, 0.1) is 0 Å². The SMILES string of the molecule is C.C.C.CCC(C)OC(C)=O. The van der Waals surface area contributed by atoms with Gasteiger partial charge in [-0.1, -0.05) is 29.2 Å². The number of hydrogen-bond donors (Lipinski definition) is 0. The summed E-state index contributed by atoms with van der Waals surface area (Å²) < 4.78 is 4.76. The molecule has 0 N–H and O–H groups in total. The molecule has 2 heteroatoms. The maximum Gasteiger partial charge on any atom is 0.302 e. The van der Waals surface area contributed by atoms with E-state index in [-0.39, 0.29) is 34.4 Å². The third kappa shape index (κ3) is 17.7. The molecule has 11 heavy (non-hydrogen) atoms. The highest BCUT2D eigenvalue weighted by Gasteiger charge is 1.99. The number of ether oxygens (including phenoxy) is 1. The Bertz CT molecular complexity index is 79.6. The van der Waals surface area contributed by atoms with Gasteiger partial charge in [0, 0.05) is 6.92 Å². The summed E-state index contributed by atoms with van der Waals surface area (Å²) in [5.74, 6) is -0.195. The van der Waals surface area contributed by atoms with Gasteiger partial charge in [-0.25, -0.2) is 0 Å². The Hall–Kier alpha value is -0.530. The smallest absolute Gasteiger partial charge is 0.302 e. The van der Waals surface area contributed by atoms with Crippen LogP contribution in [0.15, 0.2) is 0 Å². The van der Waals surface area contributed by atoms with Crippen LogP contribution in [0.4, 0.5) is 0 Å². The highest BCUT2D eigenvalue weighted by Crippen LogP contribution is 1.94. The Morgan fingerprint density at radius 3 is 1.82 bits per heavy atom. The van der Waals surface area contributed by atoms with Crippen LogP contribution in [-0.2, 0) is 9.53 Å². The monoisotopic (exact) mass is 164 g/mol. The van der Waals surface area contributed by atoms with Gasteiger partial charge >= 0.3 is 5.97 Å². The normalized spacial score (nSPS) is 9.36. The number of esters is 1. The van der Waals surface area contributed by atoms with Crippen LogP contribution in [0.25, 0.3) is 0 Å². The average Bonchev–Trinajstić information content (AvgIpc) is 1.65. The molecule has 0 saturated carbocycles. The van der Waals surface area contributed by atoms with E-state index >= 15 is 0 Å². The summed E-state index contributed by atoms with van der Waals surface area (Å²) in [6.07, 6.45) is 0.965. The predicted octanol–water partition coefficient (Wildman–Crippen LogP) is 3.26. The van der Waals surface area contributed by atoms with E-state index < -0.39 is 0 Å². The summed E-state index contributed by atoms with van der Waals surface area (Å²) in [5.41, 5.74) is 0. The molecule has 0 aromatic rings. The minimum Gasteiger partial charge on any atom is -0.463 e. The molecule has 0 aliphatic carbocycles. The van der Waals surface area contributed by atoms with Crippen molar-refractivity contribution in [1.29, 1.82) is 0 Å². The zero-order chi connectivity index (χ0) is 6.57. The molecular formula is C9H24O2. The Balaban J connectivity index is -0.0000000817. The minimum absolute atomic E-state index is 0. The standard InChI is InChI=1S/C6H12O2.3CH4/c1-4-5(2)8-6(3)7;;;/h5H,4H2,1-3H3;3*1H4. The van der Waals surface area contributed by atoms with Gasteiger partial charge in [0.1, 0.15) is 0 Å². The number of carbonyl (C=O) groups is 1. The summed E-state index contributed by atoms with van der Waals surface area (Å²) in [4.78, 5) is 10.2. The van der Waals surface area contributed by atoms with Gasteiger partial charge in [0.05, 0.1) is 6.10 Å². The summed E-state index contributed by atoms with van der Waals surface area (Å²) in [6, 6.07) is 0. The lowest BCUT2D eigenvalue weighted by Crippen LogP contribution is -2.09. The Morgan fingerprint density at radius 1 is 1.36 bits per heavy atom. The van der Waals surface area contributed by atoms with Crippen molar-refractivity contribution >= 4 is 5.97 Å². The molecular weight excluding hydrogens is 140 g/mol. The second kappa shape index (κ2) is 12.2. The van der Waals surface area contributed by atoms with Gasteiger partial charge in [0.15, 0.2) is 0 Å². The van der Waals surface area contributed by atoms with Gasteiger partial charge in [-0.3, -0.25) is 4.79 Å². The maximum atomic E-state index is 10.2. The molecule has 0 aliphatic rings. The van der Waals surface area contributed by atoms with Crippen molar-refractivity contribution in [3.05, 3.63) is 0 Å². The fourth-order valence-electron chi connectivity index (χ4n) is 0.367. The van der Waals surface area contributed by atoms with E-state index in [2.05, 4.69) is 0 Å². The fourth-order valence-corrected chi connectivity index (χ4v) is 0.367. The average molecular weight is 164 g/mol. The van der Waals surface area contributed by atoms with Gasteiger partial charge in [0.2, 0.25) is 0 Å². The van der Waals surface area contributed by atoms with E-state index in [0.717, 1.165) is 6.42 Å². The molecule has 0 aliphatic heterocycles. The summed E-state index contributed by atoms with van der Waals surface area (Å²) in [5, 5.41) is 0. The second-order valence-corrected chi connectivity index (χ2v) is 1.83. The van der Waals surface area contributed by atoms with E-state index in [4.69, 9.17) is 4.74 Å². The van der Waals surface area contributed by atoms with Crippen molar-refractivity contribution in [2.75, 3.05) is 0 Å². The maximum absolute atomic E-state index is 10.2. The number of rotatable bonds is 2. The second-order valence-electron chi connectivity index (χ2n) is 1.83. The lowest BCUT2D eigenvalue weighted by atomic mass is 10.3. The van der Waals surface area contributed by atoms with Crippen LogP contribution in [0.1, 0.15) is 49.5 Å². The predicted molar refractivity (Wildman–Crippen MR) is 51.7 cm³/mol. The van der Waals surface area contributed by atoms with Crippen LogP contribution < -0.4 is 0 Å². The van der Waals surface area contributed by atoms with Crippen LogP contribution in [0.5, 0.6) is 0 Å². The molecule has 0 fully saturated rings. The molecule has 0 bridgehead atoms. The van der Waals surface area contributed by atoms with E-state index in [1.54, 1.807) is 0 Å². The lowest BCUT2D eigenvalue weighted by molar-refractivity contribution is -0.145. The molecule has 0 radical (unpaired) electrons. The van der Waals surface area contributed by atoms with Crippen molar-refractivity contribution in [3.8, 4) is 0 Å². The van der Waals surface area contributed by atoms with Crippen molar-refractivity contribution in [2.45, 2.75) is 55.6 Å². The lowest BCUT2D eigenvalue weighted by Gasteiger charge is -2.06. The van der Waals surface area contributed by atoms with Crippen LogP contribution in [0.2, 0.25) is 0 Å². The van der Waals surface area contributed by atoms with Crippen LogP contribution >= 0.6 is 0 Å². The van der Waals surface area contributed by atoms with Gasteiger partial charge in [-0.05, 0) is 13.3 Å². The highest BCUT2D eigenvalue weighted by atomic mass is 16.5. The largest absolute Gasteiger partial charge is 0.463 e. The van der Waals surface area contributed by atoms with Crippen molar-refractivity contribution < 1.29 is 9.53 Å². The Kier molecular flexibility index (Phi) is 24.8. The zero-order valence-electron chi connectivity index (χ0n) is 5.60. The summed E-state index contributed by atoms with van der Waals surface area (Å²) in [7, 11) is 0. The molecule has 0 saturated heterocycles. The van der Waals surface area contributed by atoms with Gasteiger partial charge < -0.3 is 4.74 Å². The van der Waals surface area contributed by atoms with Gasteiger partial charge in [0.25, 0.3) is 0 Å². The summed E-state index contributed by atoms with van der Waals surface area (Å²) >= 11 is 0. The molecule has 0 heterocycles. The van der Waals surface area contributed by atoms with Crippen molar-refractivity contribution in [2.24, 2.45) is 0 Å². The first kappa shape index (κ1) is 22.4. The van der Waals surface area contributed by atoms with E-state index in [9.17, 15) is 4.79 Å². The molecule has 0 amide bonds. The van der Waals surface area contributed by atoms with E-state index in [0.29, 0.717) is 0 Å². The quantitative estimate of drug-likeness (QED) is 0.585. The Labute approximate surface area is 72.0 Å².